The number of aromatic nitrogens is 1. The van der Waals surface area contributed by atoms with Crippen LogP contribution in [0.4, 0.5) is 4.39 Å². The fourth-order valence-electron chi connectivity index (χ4n) is 1.21. The highest BCUT2D eigenvalue weighted by Gasteiger charge is 2.00. The van der Waals surface area contributed by atoms with E-state index < -0.39 is 0 Å². The topological polar surface area (TPSA) is 12.9 Å². The predicted octanol–water partition coefficient (Wildman–Crippen LogP) is 3.65. The van der Waals surface area contributed by atoms with Crippen LogP contribution in [0.3, 0.4) is 0 Å². The van der Waals surface area contributed by atoms with Crippen molar-refractivity contribution in [3.05, 3.63) is 52.9 Å². The lowest BCUT2D eigenvalue weighted by atomic mass is 10.1. The van der Waals surface area contributed by atoms with Crippen molar-refractivity contribution in [2.24, 2.45) is 0 Å². The molecule has 0 N–H and O–H groups in total. The summed E-state index contributed by atoms with van der Waals surface area (Å²) in [6, 6.07) is 10.4. The first-order valence-electron chi connectivity index (χ1n) is 4.13. The van der Waals surface area contributed by atoms with Gasteiger partial charge in [0.15, 0.2) is 0 Å². The number of hydrogen-bond donors (Lipinski definition) is 0. The molecule has 0 aliphatic carbocycles. The van der Waals surface area contributed by atoms with Crippen molar-refractivity contribution in [1.82, 2.24) is 4.98 Å². The number of benzene rings is 1. The van der Waals surface area contributed by atoms with Crippen molar-refractivity contribution >= 4 is 15.9 Å². The standard InChI is InChI=1S/C11H7BrFN/c12-9-3-1-2-8(6-9)11-7-10(13)4-5-14-11/h1-7H. The molecular formula is C11H7BrFN. The van der Waals surface area contributed by atoms with Gasteiger partial charge in [-0.05, 0) is 18.2 Å². The maximum absolute atomic E-state index is 12.9. The lowest BCUT2D eigenvalue weighted by molar-refractivity contribution is 0.626. The van der Waals surface area contributed by atoms with Crippen LogP contribution in [0.25, 0.3) is 11.3 Å². The molecule has 1 aromatic carbocycles. The quantitative estimate of drug-likeness (QED) is 0.754. The van der Waals surface area contributed by atoms with E-state index in [2.05, 4.69) is 20.9 Å². The van der Waals surface area contributed by atoms with Crippen molar-refractivity contribution in [2.75, 3.05) is 0 Å². The molecule has 1 heterocycles. The first kappa shape index (κ1) is 9.34. The van der Waals surface area contributed by atoms with Crippen LogP contribution in [-0.4, -0.2) is 4.98 Å². The van der Waals surface area contributed by atoms with Gasteiger partial charge in [0, 0.05) is 22.3 Å². The number of pyridine rings is 1. The predicted molar refractivity (Wildman–Crippen MR) is 57.3 cm³/mol. The van der Waals surface area contributed by atoms with E-state index in [0.717, 1.165) is 10.0 Å². The van der Waals surface area contributed by atoms with Crippen molar-refractivity contribution < 1.29 is 4.39 Å². The summed E-state index contributed by atoms with van der Waals surface area (Å²) < 4.78 is 13.9. The zero-order valence-corrected chi connectivity index (χ0v) is 8.83. The van der Waals surface area contributed by atoms with Crippen molar-refractivity contribution in [3.63, 3.8) is 0 Å². The molecule has 0 saturated carbocycles. The van der Waals surface area contributed by atoms with Crippen LogP contribution >= 0.6 is 15.9 Å². The lowest BCUT2D eigenvalue weighted by Gasteiger charge is -2.00. The fourth-order valence-corrected chi connectivity index (χ4v) is 1.61. The fraction of sp³-hybridized carbons (Fsp3) is 0. The Bertz CT molecular complexity index is 413. The Hall–Kier alpha value is -1.22. The van der Waals surface area contributed by atoms with Crippen molar-refractivity contribution in [2.45, 2.75) is 0 Å². The third-order valence-corrected chi connectivity index (χ3v) is 2.34. The normalized spacial score (nSPS) is 10.1. The Kier molecular flexibility index (Phi) is 2.59. The second-order valence-electron chi connectivity index (χ2n) is 2.87. The Morgan fingerprint density at radius 1 is 1.14 bits per heavy atom. The van der Waals surface area contributed by atoms with E-state index in [4.69, 9.17) is 0 Å². The number of rotatable bonds is 1. The first-order chi connectivity index (χ1) is 6.75. The summed E-state index contributed by atoms with van der Waals surface area (Å²) >= 11 is 3.36. The van der Waals surface area contributed by atoms with Crippen LogP contribution in [0.2, 0.25) is 0 Å². The van der Waals surface area contributed by atoms with Gasteiger partial charge in [-0.15, -0.1) is 0 Å². The maximum atomic E-state index is 12.9. The molecule has 1 aromatic heterocycles. The Balaban J connectivity index is 2.49. The molecule has 0 fully saturated rings. The number of halogens is 2. The van der Waals surface area contributed by atoms with Gasteiger partial charge in [0.25, 0.3) is 0 Å². The molecule has 0 aliphatic rings. The lowest BCUT2D eigenvalue weighted by Crippen LogP contribution is -1.84. The van der Waals surface area contributed by atoms with Gasteiger partial charge in [0.1, 0.15) is 5.82 Å². The molecular weight excluding hydrogens is 245 g/mol. The van der Waals surface area contributed by atoms with Crippen LogP contribution in [0.1, 0.15) is 0 Å². The monoisotopic (exact) mass is 251 g/mol. The van der Waals surface area contributed by atoms with Gasteiger partial charge in [-0.25, -0.2) is 4.39 Å². The summed E-state index contributed by atoms with van der Waals surface area (Å²) in [6.07, 6.45) is 1.46. The van der Waals surface area contributed by atoms with Crippen LogP contribution < -0.4 is 0 Å². The van der Waals surface area contributed by atoms with E-state index in [0.29, 0.717) is 5.69 Å². The average Bonchev–Trinajstić information content (AvgIpc) is 2.18. The minimum atomic E-state index is -0.269. The smallest absolute Gasteiger partial charge is 0.126 e. The molecule has 0 atom stereocenters. The molecule has 0 radical (unpaired) electrons. The van der Waals surface area contributed by atoms with Crippen LogP contribution in [-0.2, 0) is 0 Å². The Morgan fingerprint density at radius 3 is 2.71 bits per heavy atom. The second kappa shape index (κ2) is 3.88. The van der Waals surface area contributed by atoms with Crippen LogP contribution in [0.5, 0.6) is 0 Å². The molecule has 70 valence electrons. The van der Waals surface area contributed by atoms with Gasteiger partial charge < -0.3 is 0 Å². The van der Waals surface area contributed by atoms with Gasteiger partial charge in [-0.2, -0.15) is 0 Å². The molecule has 3 heteroatoms. The number of nitrogens with zero attached hydrogens (tertiary/aromatic N) is 1. The zero-order chi connectivity index (χ0) is 9.97. The highest BCUT2D eigenvalue weighted by molar-refractivity contribution is 9.10. The van der Waals surface area contributed by atoms with Gasteiger partial charge in [-0.1, -0.05) is 28.1 Å². The summed E-state index contributed by atoms with van der Waals surface area (Å²) in [6.45, 7) is 0. The Labute approximate surface area is 89.7 Å². The van der Waals surface area contributed by atoms with E-state index >= 15 is 0 Å². The molecule has 2 aromatic rings. The van der Waals surface area contributed by atoms with Crippen molar-refractivity contribution in [1.29, 1.82) is 0 Å². The summed E-state index contributed by atoms with van der Waals surface area (Å²) in [5.41, 5.74) is 1.55. The van der Waals surface area contributed by atoms with E-state index in [-0.39, 0.29) is 5.82 Å². The van der Waals surface area contributed by atoms with Crippen LogP contribution in [0.15, 0.2) is 47.1 Å². The minimum Gasteiger partial charge on any atom is -0.256 e. The summed E-state index contributed by atoms with van der Waals surface area (Å²) in [4.78, 5) is 4.09. The van der Waals surface area contributed by atoms with E-state index in [9.17, 15) is 4.39 Å². The molecule has 0 saturated heterocycles. The third kappa shape index (κ3) is 1.99. The van der Waals surface area contributed by atoms with Gasteiger partial charge in [0.2, 0.25) is 0 Å². The molecule has 0 amide bonds. The summed E-state index contributed by atoms with van der Waals surface area (Å²) in [5.74, 6) is -0.269. The van der Waals surface area contributed by atoms with Gasteiger partial charge in [-0.3, -0.25) is 4.98 Å². The molecule has 2 rings (SSSR count). The average molecular weight is 252 g/mol. The summed E-state index contributed by atoms with van der Waals surface area (Å²) in [7, 11) is 0. The molecule has 0 aliphatic heterocycles. The zero-order valence-electron chi connectivity index (χ0n) is 7.24. The maximum Gasteiger partial charge on any atom is 0.126 e. The molecule has 0 unspecified atom stereocenters. The van der Waals surface area contributed by atoms with Gasteiger partial charge in [0.05, 0.1) is 5.69 Å². The van der Waals surface area contributed by atoms with E-state index in [1.54, 1.807) is 0 Å². The molecule has 0 bridgehead atoms. The first-order valence-corrected chi connectivity index (χ1v) is 4.92. The van der Waals surface area contributed by atoms with E-state index in [1.165, 1.54) is 18.3 Å². The molecule has 0 spiro atoms. The van der Waals surface area contributed by atoms with Crippen molar-refractivity contribution in [3.8, 4) is 11.3 Å². The van der Waals surface area contributed by atoms with Gasteiger partial charge >= 0.3 is 0 Å². The minimum absolute atomic E-state index is 0.269. The SMILES string of the molecule is Fc1ccnc(-c2cccc(Br)c2)c1. The highest BCUT2D eigenvalue weighted by atomic mass is 79.9. The summed E-state index contributed by atoms with van der Waals surface area (Å²) in [5, 5.41) is 0. The highest BCUT2D eigenvalue weighted by Crippen LogP contribution is 2.21. The molecule has 14 heavy (non-hydrogen) atoms. The largest absolute Gasteiger partial charge is 0.256 e. The van der Waals surface area contributed by atoms with Crippen LogP contribution in [0, 0.1) is 5.82 Å². The Morgan fingerprint density at radius 2 is 2.00 bits per heavy atom. The second-order valence-corrected chi connectivity index (χ2v) is 3.79. The molecule has 1 nitrogen and oxygen atoms in total. The number of hydrogen-bond acceptors (Lipinski definition) is 1. The van der Waals surface area contributed by atoms with E-state index in [1.807, 2.05) is 24.3 Å². The third-order valence-electron chi connectivity index (χ3n) is 1.84.